The minimum atomic E-state index is -0.493. The Morgan fingerprint density at radius 1 is 1.30 bits per heavy atom. The second kappa shape index (κ2) is 6.48. The molecule has 0 radical (unpaired) electrons. The van der Waals surface area contributed by atoms with Gasteiger partial charge in [-0.15, -0.1) is 5.43 Å². The quantitative estimate of drug-likeness (QED) is 0.451. The standard InChI is InChI=1S/C18H27N3O2/c1-3-4-5-6-10-20-12-16-17(13-20)18(16,2)14-8-7-9-15(11-14)19-21(22)23/h7-9,11,16-17,19H,3-6,10,12-13H2,1-2H3. The molecule has 23 heavy (non-hydrogen) atoms. The van der Waals surface area contributed by atoms with E-state index in [2.05, 4.69) is 30.2 Å². The van der Waals surface area contributed by atoms with Crippen molar-refractivity contribution in [1.29, 1.82) is 0 Å². The van der Waals surface area contributed by atoms with Crippen LogP contribution in [0.15, 0.2) is 24.3 Å². The number of hydrogen-bond acceptors (Lipinski definition) is 3. The van der Waals surface area contributed by atoms with Gasteiger partial charge in [-0.05, 0) is 42.5 Å². The van der Waals surface area contributed by atoms with Crippen molar-refractivity contribution in [3.8, 4) is 0 Å². The van der Waals surface area contributed by atoms with Gasteiger partial charge in [0.15, 0.2) is 5.03 Å². The van der Waals surface area contributed by atoms with Crippen LogP contribution in [0.25, 0.3) is 0 Å². The monoisotopic (exact) mass is 317 g/mol. The van der Waals surface area contributed by atoms with Gasteiger partial charge in [-0.2, -0.15) is 0 Å². The summed E-state index contributed by atoms with van der Waals surface area (Å²) in [4.78, 5) is 13.2. The fraction of sp³-hybridized carbons (Fsp3) is 0.667. The van der Waals surface area contributed by atoms with Crippen LogP contribution < -0.4 is 5.43 Å². The molecule has 5 nitrogen and oxygen atoms in total. The maximum absolute atomic E-state index is 10.6. The van der Waals surface area contributed by atoms with E-state index in [-0.39, 0.29) is 5.41 Å². The Morgan fingerprint density at radius 2 is 2.04 bits per heavy atom. The lowest BCUT2D eigenvalue weighted by Crippen LogP contribution is -2.29. The van der Waals surface area contributed by atoms with Crippen molar-refractivity contribution < 1.29 is 5.03 Å². The maximum Gasteiger partial charge on any atom is 0.162 e. The predicted molar refractivity (Wildman–Crippen MR) is 92.0 cm³/mol. The Bertz CT molecular complexity index is 563. The number of piperidine rings is 1. The Balaban J connectivity index is 1.57. The molecule has 0 bridgehead atoms. The highest BCUT2D eigenvalue weighted by Gasteiger charge is 2.65. The fourth-order valence-electron chi connectivity index (χ4n) is 4.36. The topological polar surface area (TPSA) is 58.4 Å². The van der Waals surface area contributed by atoms with Crippen molar-refractivity contribution in [2.24, 2.45) is 11.8 Å². The molecule has 2 aliphatic rings. The number of nitrogens with one attached hydrogen (secondary N) is 1. The number of benzene rings is 1. The molecule has 1 saturated heterocycles. The molecule has 5 heteroatoms. The average molecular weight is 317 g/mol. The molecular weight excluding hydrogens is 290 g/mol. The van der Waals surface area contributed by atoms with Crippen molar-refractivity contribution in [3.05, 3.63) is 39.9 Å². The van der Waals surface area contributed by atoms with Gasteiger partial charge in [0, 0.05) is 18.5 Å². The van der Waals surface area contributed by atoms with Gasteiger partial charge in [-0.3, -0.25) is 0 Å². The lowest BCUT2D eigenvalue weighted by Gasteiger charge is -2.24. The first kappa shape index (κ1) is 16.2. The summed E-state index contributed by atoms with van der Waals surface area (Å²) < 4.78 is 0. The highest BCUT2D eigenvalue weighted by Crippen LogP contribution is 2.63. The highest BCUT2D eigenvalue weighted by molar-refractivity contribution is 5.49. The largest absolute Gasteiger partial charge is 0.303 e. The second-order valence-electron chi connectivity index (χ2n) is 7.27. The smallest absolute Gasteiger partial charge is 0.162 e. The summed E-state index contributed by atoms with van der Waals surface area (Å²) in [5.74, 6) is 1.42. The van der Waals surface area contributed by atoms with E-state index in [1.54, 1.807) is 6.07 Å². The first-order valence-corrected chi connectivity index (χ1v) is 8.79. The van der Waals surface area contributed by atoms with E-state index in [0.717, 1.165) is 0 Å². The van der Waals surface area contributed by atoms with Crippen LogP contribution in [0.5, 0.6) is 0 Å². The summed E-state index contributed by atoms with van der Waals surface area (Å²) in [5, 5.41) is 10.1. The molecule has 126 valence electrons. The minimum absolute atomic E-state index is 0.203. The van der Waals surface area contributed by atoms with Crippen molar-refractivity contribution in [2.75, 3.05) is 25.1 Å². The number of likely N-dealkylation sites (tertiary alicyclic amines) is 1. The molecule has 1 heterocycles. The number of rotatable bonds is 8. The molecule has 1 N–H and O–H groups in total. The third kappa shape index (κ3) is 3.20. The van der Waals surface area contributed by atoms with Crippen LogP contribution in [0.2, 0.25) is 0 Å². The molecule has 1 aromatic carbocycles. The average Bonchev–Trinajstić information content (AvgIpc) is 2.89. The zero-order valence-corrected chi connectivity index (χ0v) is 14.1. The normalized spacial score (nSPS) is 29.3. The zero-order chi connectivity index (χ0) is 16.4. The first-order valence-electron chi connectivity index (χ1n) is 8.79. The minimum Gasteiger partial charge on any atom is -0.303 e. The molecule has 0 aromatic heterocycles. The Kier molecular flexibility index (Phi) is 4.57. The Morgan fingerprint density at radius 3 is 2.70 bits per heavy atom. The van der Waals surface area contributed by atoms with E-state index >= 15 is 0 Å². The van der Waals surface area contributed by atoms with Gasteiger partial charge in [-0.1, -0.05) is 45.2 Å². The third-order valence-corrected chi connectivity index (χ3v) is 5.86. The molecule has 2 fully saturated rings. The molecule has 0 amide bonds. The van der Waals surface area contributed by atoms with E-state index in [9.17, 15) is 10.1 Å². The van der Waals surface area contributed by atoms with Crippen molar-refractivity contribution in [3.63, 3.8) is 0 Å². The number of nitro groups is 1. The fourth-order valence-corrected chi connectivity index (χ4v) is 4.36. The molecule has 1 aromatic rings. The van der Waals surface area contributed by atoms with E-state index in [1.807, 2.05) is 12.1 Å². The van der Waals surface area contributed by atoms with Crippen molar-refractivity contribution in [1.82, 2.24) is 4.90 Å². The number of nitrogens with zero attached hydrogens (tertiary/aromatic N) is 2. The van der Waals surface area contributed by atoms with Crippen LogP contribution >= 0.6 is 0 Å². The molecule has 1 aliphatic carbocycles. The van der Waals surface area contributed by atoms with E-state index in [4.69, 9.17) is 0 Å². The summed E-state index contributed by atoms with van der Waals surface area (Å²) in [7, 11) is 0. The van der Waals surface area contributed by atoms with E-state index in [1.165, 1.54) is 50.9 Å². The van der Waals surface area contributed by atoms with Gasteiger partial charge in [-0.25, -0.2) is 10.1 Å². The SMILES string of the molecule is CCCCCCN1CC2C(C1)C2(C)c1cccc(N[N+](=O)[O-])c1. The summed E-state index contributed by atoms with van der Waals surface area (Å²) in [6.07, 6.45) is 5.28. The summed E-state index contributed by atoms with van der Waals surface area (Å²) in [6.45, 7) is 8.16. The molecule has 1 saturated carbocycles. The molecule has 0 spiro atoms. The van der Waals surface area contributed by atoms with Gasteiger partial charge in [0.2, 0.25) is 0 Å². The number of fused-ring (bicyclic) bond motifs is 1. The van der Waals surface area contributed by atoms with Crippen LogP contribution in [-0.4, -0.2) is 29.6 Å². The zero-order valence-electron chi connectivity index (χ0n) is 14.1. The van der Waals surface area contributed by atoms with Crippen molar-refractivity contribution in [2.45, 2.75) is 44.9 Å². The van der Waals surface area contributed by atoms with Gasteiger partial charge in [0.25, 0.3) is 0 Å². The van der Waals surface area contributed by atoms with Crippen LogP contribution in [0.1, 0.15) is 45.1 Å². The van der Waals surface area contributed by atoms with Crippen LogP contribution in [-0.2, 0) is 5.41 Å². The lowest BCUT2D eigenvalue weighted by atomic mass is 9.92. The predicted octanol–water partition coefficient (Wildman–Crippen LogP) is 3.69. The van der Waals surface area contributed by atoms with Crippen LogP contribution in [0.4, 0.5) is 5.69 Å². The van der Waals surface area contributed by atoms with Gasteiger partial charge in [0.05, 0.1) is 0 Å². The van der Waals surface area contributed by atoms with E-state index < -0.39 is 5.03 Å². The van der Waals surface area contributed by atoms with Gasteiger partial charge in [0.1, 0.15) is 5.69 Å². The summed E-state index contributed by atoms with van der Waals surface area (Å²) in [5.41, 5.74) is 4.29. The Hall–Kier alpha value is -1.62. The number of hydrazine groups is 1. The van der Waals surface area contributed by atoms with Gasteiger partial charge < -0.3 is 4.90 Å². The second-order valence-corrected chi connectivity index (χ2v) is 7.27. The van der Waals surface area contributed by atoms with Crippen molar-refractivity contribution >= 4 is 5.69 Å². The van der Waals surface area contributed by atoms with Crippen LogP contribution in [0, 0.1) is 22.0 Å². The number of unbranched alkanes of at least 4 members (excludes halogenated alkanes) is 3. The molecule has 1 aliphatic heterocycles. The molecule has 3 rings (SSSR count). The summed E-state index contributed by atoms with van der Waals surface area (Å²) >= 11 is 0. The number of anilines is 1. The molecule has 2 unspecified atom stereocenters. The van der Waals surface area contributed by atoms with Crippen LogP contribution in [0.3, 0.4) is 0 Å². The summed E-state index contributed by atoms with van der Waals surface area (Å²) in [6, 6.07) is 7.75. The number of hydrogen-bond donors (Lipinski definition) is 1. The maximum atomic E-state index is 10.6. The third-order valence-electron chi connectivity index (χ3n) is 5.86. The Labute approximate surface area is 138 Å². The highest BCUT2D eigenvalue weighted by atomic mass is 16.7. The first-order chi connectivity index (χ1) is 11.1. The van der Waals surface area contributed by atoms with Gasteiger partial charge >= 0.3 is 0 Å². The lowest BCUT2D eigenvalue weighted by molar-refractivity contribution is -0.445. The van der Waals surface area contributed by atoms with E-state index in [0.29, 0.717) is 17.5 Å². The molecule has 2 atom stereocenters. The molecular formula is C18H27N3O2.